The Kier molecular flexibility index (Phi) is 8.29. The van der Waals surface area contributed by atoms with Gasteiger partial charge in [0.1, 0.15) is 51.7 Å². The van der Waals surface area contributed by atoms with E-state index < -0.39 is 9.84 Å². The first kappa shape index (κ1) is 27.6. The van der Waals surface area contributed by atoms with Crippen LogP contribution in [0.5, 0.6) is 5.75 Å². The first-order valence-electron chi connectivity index (χ1n) is 12.4. The maximum absolute atomic E-state index is 13.1. The number of sulfone groups is 1. The number of anilines is 2. The molecule has 0 fully saturated rings. The Labute approximate surface area is 236 Å². The lowest BCUT2D eigenvalue weighted by Crippen LogP contribution is -2.21. The van der Waals surface area contributed by atoms with Crippen molar-refractivity contribution in [2.24, 2.45) is 0 Å². The van der Waals surface area contributed by atoms with Gasteiger partial charge in [-0.15, -0.1) is 0 Å². The third kappa shape index (κ3) is 7.15. The third-order valence-corrected chi connectivity index (χ3v) is 7.27. The molecule has 5 rings (SSSR count). The third-order valence-electron chi connectivity index (χ3n) is 6.03. The summed E-state index contributed by atoms with van der Waals surface area (Å²) >= 11 is 6.48. The van der Waals surface area contributed by atoms with Crippen LogP contribution in [-0.4, -0.2) is 36.9 Å². The number of aromatic nitrogens is 2. The number of hydrogen-bond acceptors (Lipinski definition) is 8. The fourth-order valence-electron chi connectivity index (χ4n) is 3.98. The fourth-order valence-corrected chi connectivity index (χ4v) is 4.73. The molecule has 0 spiro atoms. The summed E-state index contributed by atoms with van der Waals surface area (Å²) < 4.78 is 47.5. The molecule has 0 saturated carbocycles. The lowest BCUT2D eigenvalue weighted by molar-refractivity contribution is 0.306. The number of nitrogens with one attached hydrogen (secondary N) is 2. The van der Waals surface area contributed by atoms with E-state index in [1.165, 1.54) is 24.7 Å². The van der Waals surface area contributed by atoms with E-state index in [2.05, 4.69) is 20.6 Å². The molecular formula is C29H26ClFN4O4S. The average molecular weight is 581 g/mol. The Morgan fingerprint density at radius 3 is 2.60 bits per heavy atom. The van der Waals surface area contributed by atoms with Crippen LogP contribution in [0.25, 0.3) is 22.2 Å². The molecule has 3 aromatic carbocycles. The largest absolute Gasteiger partial charge is 0.487 e. The van der Waals surface area contributed by atoms with E-state index in [0.717, 1.165) is 22.0 Å². The van der Waals surface area contributed by atoms with E-state index in [4.69, 9.17) is 20.8 Å². The molecule has 2 aromatic heterocycles. The molecular weight excluding hydrogens is 555 g/mol. The highest BCUT2D eigenvalue weighted by Crippen LogP contribution is 2.32. The molecule has 2 heterocycles. The zero-order chi connectivity index (χ0) is 28.1. The van der Waals surface area contributed by atoms with Crippen molar-refractivity contribution >= 4 is 43.8 Å². The van der Waals surface area contributed by atoms with Crippen LogP contribution in [0, 0.1) is 5.82 Å². The number of nitrogens with zero attached hydrogens (tertiary/aromatic N) is 2. The molecule has 0 saturated heterocycles. The molecule has 5 aromatic rings. The lowest BCUT2D eigenvalue weighted by atomic mass is 10.1. The number of hydrogen-bond donors (Lipinski definition) is 2. The van der Waals surface area contributed by atoms with E-state index in [9.17, 15) is 12.8 Å². The smallest absolute Gasteiger partial charge is 0.148 e. The van der Waals surface area contributed by atoms with Crippen molar-refractivity contribution in [1.82, 2.24) is 15.3 Å². The molecule has 0 amide bonds. The SMILES string of the molecule is CS(=O)(=O)CCNCc1ccc(-c2ccc3ncnc(Nc4ccc(OCc5ccc(F)cc5)c(Cl)c4)c3c2)o1. The lowest BCUT2D eigenvalue weighted by Gasteiger charge is -2.12. The average Bonchev–Trinajstić information content (AvgIpc) is 3.40. The minimum Gasteiger partial charge on any atom is -0.487 e. The highest BCUT2D eigenvalue weighted by Gasteiger charge is 2.11. The topological polar surface area (TPSA) is 106 Å². The van der Waals surface area contributed by atoms with E-state index in [1.54, 1.807) is 24.3 Å². The zero-order valence-electron chi connectivity index (χ0n) is 21.5. The van der Waals surface area contributed by atoms with Gasteiger partial charge in [-0.1, -0.05) is 23.7 Å². The van der Waals surface area contributed by atoms with Gasteiger partial charge < -0.3 is 19.8 Å². The van der Waals surface area contributed by atoms with E-state index in [0.29, 0.717) is 46.9 Å². The van der Waals surface area contributed by atoms with Crippen LogP contribution in [0.15, 0.2) is 83.5 Å². The van der Waals surface area contributed by atoms with Crippen LogP contribution in [0.4, 0.5) is 15.9 Å². The maximum atomic E-state index is 13.1. The summed E-state index contributed by atoms with van der Waals surface area (Å²) in [5.74, 6) is 2.23. The Bertz CT molecular complexity index is 1740. The van der Waals surface area contributed by atoms with Crippen LogP contribution in [0.2, 0.25) is 5.02 Å². The Morgan fingerprint density at radius 1 is 1.00 bits per heavy atom. The van der Waals surface area contributed by atoms with Gasteiger partial charge >= 0.3 is 0 Å². The van der Waals surface area contributed by atoms with Crippen molar-refractivity contribution in [3.63, 3.8) is 0 Å². The minimum absolute atomic E-state index is 0.0674. The van der Waals surface area contributed by atoms with E-state index in [1.807, 2.05) is 36.4 Å². The summed E-state index contributed by atoms with van der Waals surface area (Å²) in [6.07, 6.45) is 2.70. The molecule has 0 bridgehead atoms. The predicted octanol–water partition coefficient (Wildman–Crippen LogP) is 6.14. The van der Waals surface area contributed by atoms with Crippen molar-refractivity contribution < 1.29 is 22.0 Å². The molecule has 40 heavy (non-hydrogen) atoms. The number of rotatable bonds is 11. The Morgan fingerprint density at radius 2 is 1.82 bits per heavy atom. The van der Waals surface area contributed by atoms with Gasteiger partial charge in [0.05, 0.1) is 22.8 Å². The minimum atomic E-state index is -3.02. The van der Waals surface area contributed by atoms with Crippen LogP contribution >= 0.6 is 11.6 Å². The van der Waals surface area contributed by atoms with E-state index >= 15 is 0 Å². The van der Waals surface area contributed by atoms with Crippen LogP contribution in [0.3, 0.4) is 0 Å². The highest BCUT2D eigenvalue weighted by atomic mass is 35.5. The summed E-state index contributed by atoms with van der Waals surface area (Å²) in [5.41, 5.74) is 3.14. The fraction of sp³-hybridized carbons (Fsp3) is 0.172. The van der Waals surface area contributed by atoms with Gasteiger partial charge in [-0.2, -0.15) is 0 Å². The highest BCUT2D eigenvalue weighted by molar-refractivity contribution is 7.90. The van der Waals surface area contributed by atoms with Crippen molar-refractivity contribution in [3.05, 3.63) is 101 Å². The predicted molar refractivity (Wildman–Crippen MR) is 154 cm³/mol. The molecule has 8 nitrogen and oxygen atoms in total. The first-order valence-corrected chi connectivity index (χ1v) is 14.8. The van der Waals surface area contributed by atoms with Gasteiger partial charge in [-0.3, -0.25) is 0 Å². The zero-order valence-corrected chi connectivity index (χ0v) is 23.1. The van der Waals surface area contributed by atoms with Gasteiger partial charge in [0, 0.05) is 29.4 Å². The van der Waals surface area contributed by atoms with Gasteiger partial charge in [0.2, 0.25) is 0 Å². The Hall–Kier alpha value is -3.99. The summed E-state index contributed by atoms with van der Waals surface area (Å²) in [5, 5.41) is 7.59. The molecule has 0 aliphatic heterocycles. The second kappa shape index (κ2) is 12.0. The van der Waals surface area contributed by atoms with E-state index in [-0.39, 0.29) is 18.2 Å². The number of ether oxygens (including phenoxy) is 1. The summed E-state index contributed by atoms with van der Waals surface area (Å²) in [6.45, 7) is 1.03. The van der Waals surface area contributed by atoms with Crippen molar-refractivity contribution in [3.8, 4) is 17.1 Å². The first-order chi connectivity index (χ1) is 19.2. The number of furan rings is 1. The molecule has 0 radical (unpaired) electrons. The summed E-state index contributed by atoms with van der Waals surface area (Å²) in [6, 6.07) is 20.9. The quantitative estimate of drug-likeness (QED) is 0.179. The number of halogens is 2. The molecule has 206 valence electrons. The van der Waals surface area contributed by atoms with Crippen LogP contribution in [-0.2, 0) is 23.0 Å². The van der Waals surface area contributed by atoms with Crippen molar-refractivity contribution in [1.29, 1.82) is 0 Å². The van der Waals surface area contributed by atoms with Gasteiger partial charge in [-0.05, 0) is 66.2 Å². The Balaban J connectivity index is 1.29. The van der Waals surface area contributed by atoms with Crippen molar-refractivity contribution in [2.45, 2.75) is 13.2 Å². The van der Waals surface area contributed by atoms with Crippen LogP contribution in [0.1, 0.15) is 11.3 Å². The van der Waals surface area contributed by atoms with Gasteiger partial charge in [0.15, 0.2) is 0 Å². The molecule has 0 atom stereocenters. The maximum Gasteiger partial charge on any atom is 0.148 e. The normalized spacial score (nSPS) is 11.6. The second-order valence-corrected chi connectivity index (χ2v) is 11.9. The number of fused-ring (bicyclic) bond motifs is 1. The molecule has 2 N–H and O–H groups in total. The van der Waals surface area contributed by atoms with Crippen molar-refractivity contribution in [2.75, 3.05) is 23.9 Å². The van der Waals surface area contributed by atoms with Gasteiger partial charge in [0.25, 0.3) is 0 Å². The molecule has 0 aliphatic carbocycles. The summed E-state index contributed by atoms with van der Waals surface area (Å²) in [4.78, 5) is 8.80. The second-order valence-electron chi connectivity index (χ2n) is 9.21. The molecule has 11 heteroatoms. The standard InChI is InChI=1S/C29H26ClFN4O4S/c1-40(36,37)13-12-32-16-23-8-11-27(39-23)20-4-9-26-24(14-20)29(34-18-33-26)35-22-7-10-28(25(30)15-22)38-17-19-2-5-21(31)6-3-19/h2-11,14-15,18,32H,12-13,16-17H2,1H3,(H,33,34,35). The number of benzene rings is 3. The van der Waals surface area contributed by atoms with Gasteiger partial charge in [-0.25, -0.2) is 22.8 Å². The molecule has 0 unspecified atom stereocenters. The molecule has 0 aliphatic rings. The summed E-state index contributed by atoms with van der Waals surface area (Å²) in [7, 11) is -3.02. The van der Waals surface area contributed by atoms with Crippen LogP contribution < -0.4 is 15.4 Å². The monoisotopic (exact) mass is 580 g/mol.